The number of carbonyl (C=O) groups excluding carboxylic acids is 1. The van der Waals surface area contributed by atoms with Crippen LogP contribution in [-0.2, 0) is 4.74 Å². The van der Waals surface area contributed by atoms with Crippen molar-refractivity contribution in [1.82, 2.24) is 9.88 Å². The third kappa shape index (κ3) is 2.29. The Bertz CT molecular complexity index is 635. The minimum absolute atomic E-state index is 0.0421. The number of amides is 1. The molecule has 1 fully saturated rings. The van der Waals surface area contributed by atoms with Gasteiger partial charge in [-0.15, -0.1) is 0 Å². The highest BCUT2D eigenvalue weighted by molar-refractivity contribution is 5.97. The number of benzene rings is 1. The molecule has 1 aliphatic heterocycles. The molecule has 20 heavy (non-hydrogen) atoms. The maximum Gasteiger partial charge on any atom is 0.254 e. The normalized spacial score (nSPS) is 18.9. The first-order valence-corrected chi connectivity index (χ1v) is 6.86. The Morgan fingerprint density at radius 3 is 3.20 bits per heavy atom. The minimum Gasteiger partial charge on any atom is -0.441 e. The summed E-state index contributed by atoms with van der Waals surface area (Å²) in [5.41, 5.74) is 2.10. The molecule has 3 rings (SSSR count). The Kier molecular flexibility index (Phi) is 3.44. The zero-order valence-corrected chi connectivity index (χ0v) is 11.8. The van der Waals surface area contributed by atoms with Gasteiger partial charge in [0.25, 0.3) is 5.91 Å². The second kappa shape index (κ2) is 5.25. The van der Waals surface area contributed by atoms with Crippen LogP contribution in [0.2, 0.25) is 0 Å². The topological polar surface area (TPSA) is 55.6 Å². The number of rotatable bonds is 3. The number of carbonyl (C=O) groups is 1. The van der Waals surface area contributed by atoms with Crippen molar-refractivity contribution in [3.8, 4) is 0 Å². The summed E-state index contributed by atoms with van der Waals surface area (Å²) in [4.78, 5) is 18.7. The van der Waals surface area contributed by atoms with Crippen molar-refractivity contribution in [3.05, 3.63) is 29.7 Å². The lowest BCUT2D eigenvalue weighted by Gasteiger charge is -2.24. The van der Waals surface area contributed by atoms with Crippen LogP contribution in [0.3, 0.4) is 0 Å². The second-order valence-corrected chi connectivity index (χ2v) is 5.17. The highest BCUT2D eigenvalue weighted by atomic mass is 16.5. The minimum atomic E-state index is 0.0421. The van der Waals surface area contributed by atoms with Crippen molar-refractivity contribution in [1.29, 1.82) is 0 Å². The lowest BCUT2D eigenvalue weighted by molar-refractivity contribution is 0.0630. The molecule has 106 valence electrons. The van der Waals surface area contributed by atoms with E-state index in [1.54, 1.807) is 20.1 Å². The standard InChI is InChI=1S/C15H18N2O3/c1-10-16-13-6-5-11(8-14(13)20-10)15(18)17-7-3-4-12(17)9-19-2/h5-6,8,12H,3-4,7,9H2,1-2H3/t12-/m1/s1. The van der Waals surface area contributed by atoms with E-state index >= 15 is 0 Å². The number of methoxy groups -OCH3 is 1. The largest absolute Gasteiger partial charge is 0.441 e. The fourth-order valence-electron chi connectivity index (χ4n) is 2.81. The summed E-state index contributed by atoms with van der Waals surface area (Å²) in [5.74, 6) is 0.656. The smallest absolute Gasteiger partial charge is 0.254 e. The van der Waals surface area contributed by atoms with Crippen molar-refractivity contribution >= 4 is 17.0 Å². The van der Waals surface area contributed by atoms with Gasteiger partial charge in [-0.2, -0.15) is 0 Å². The molecule has 2 heterocycles. The quantitative estimate of drug-likeness (QED) is 0.862. The van der Waals surface area contributed by atoms with Gasteiger partial charge in [0.15, 0.2) is 11.5 Å². The molecule has 2 aromatic rings. The summed E-state index contributed by atoms with van der Waals surface area (Å²) < 4.78 is 10.7. The maximum atomic E-state index is 12.6. The van der Waals surface area contributed by atoms with E-state index in [1.165, 1.54) is 0 Å². The number of ether oxygens (including phenoxy) is 1. The number of nitrogens with zero attached hydrogens (tertiary/aromatic N) is 2. The summed E-state index contributed by atoms with van der Waals surface area (Å²) in [6.45, 7) is 3.19. The number of aryl methyl sites for hydroxylation is 1. The Hall–Kier alpha value is -1.88. The van der Waals surface area contributed by atoms with Crippen LogP contribution in [0.5, 0.6) is 0 Å². The molecule has 1 atom stereocenters. The highest BCUT2D eigenvalue weighted by Crippen LogP contribution is 2.23. The maximum absolute atomic E-state index is 12.6. The van der Waals surface area contributed by atoms with Crippen LogP contribution in [0, 0.1) is 6.92 Å². The molecule has 0 radical (unpaired) electrons. The number of aromatic nitrogens is 1. The monoisotopic (exact) mass is 274 g/mol. The van der Waals surface area contributed by atoms with Gasteiger partial charge in [-0.1, -0.05) is 0 Å². The van der Waals surface area contributed by atoms with Crippen molar-refractivity contribution in [3.63, 3.8) is 0 Å². The van der Waals surface area contributed by atoms with E-state index in [2.05, 4.69) is 4.98 Å². The molecule has 0 saturated carbocycles. The summed E-state index contributed by atoms with van der Waals surface area (Å²) in [6, 6.07) is 5.61. The molecule has 1 aromatic heterocycles. The Balaban J connectivity index is 1.87. The van der Waals surface area contributed by atoms with Gasteiger partial charge in [0.05, 0.1) is 12.6 Å². The fourth-order valence-corrected chi connectivity index (χ4v) is 2.81. The molecule has 5 heteroatoms. The van der Waals surface area contributed by atoms with Crippen molar-refractivity contribution < 1.29 is 13.9 Å². The van der Waals surface area contributed by atoms with Crippen LogP contribution in [0.15, 0.2) is 22.6 Å². The molecular formula is C15H18N2O3. The third-order valence-corrected chi connectivity index (χ3v) is 3.74. The van der Waals surface area contributed by atoms with Gasteiger partial charge in [0, 0.05) is 26.1 Å². The van der Waals surface area contributed by atoms with Crippen molar-refractivity contribution in [2.75, 3.05) is 20.3 Å². The molecule has 1 amide bonds. The summed E-state index contributed by atoms with van der Waals surface area (Å²) in [5, 5.41) is 0. The molecular weight excluding hydrogens is 256 g/mol. The average molecular weight is 274 g/mol. The van der Waals surface area contributed by atoms with Gasteiger partial charge in [0.1, 0.15) is 5.52 Å². The van der Waals surface area contributed by atoms with E-state index in [0.717, 1.165) is 24.9 Å². The number of likely N-dealkylation sites (tertiary alicyclic amines) is 1. The molecule has 1 aromatic carbocycles. The van der Waals surface area contributed by atoms with E-state index in [9.17, 15) is 4.79 Å². The Labute approximate surface area is 117 Å². The van der Waals surface area contributed by atoms with Crippen molar-refractivity contribution in [2.45, 2.75) is 25.8 Å². The number of oxazole rings is 1. The van der Waals surface area contributed by atoms with Crippen LogP contribution in [0.4, 0.5) is 0 Å². The van der Waals surface area contributed by atoms with Gasteiger partial charge >= 0.3 is 0 Å². The zero-order chi connectivity index (χ0) is 14.1. The Morgan fingerprint density at radius 2 is 2.40 bits per heavy atom. The highest BCUT2D eigenvalue weighted by Gasteiger charge is 2.29. The lowest BCUT2D eigenvalue weighted by Crippen LogP contribution is -2.38. The van der Waals surface area contributed by atoms with Crippen molar-refractivity contribution in [2.24, 2.45) is 0 Å². The molecule has 0 bridgehead atoms. The predicted octanol–water partition coefficient (Wildman–Crippen LogP) is 2.39. The van der Waals surface area contributed by atoms with Crippen LogP contribution < -0.4 is 0 Å². The number of hydrogen-bond acceptors (Lipinski definition) is 4. The molecule has 1 saturated heterocycles. The van der Waals surface area contributed by atoms with Crippen LogP contribution >= 0.6 is 0 Å². The summed E-state index contributed by atoms with van der Waals surface area (Å²) in [7, 11) is 1.67. The zero-order valence-electron chi connectivity index (χ0n) is 11.8. The number of hydrogen-bond donors (Lipinski definition) is 0. The van der Waals surface area contributed by atoms with E-state index in [0.29, 0.717) is 23.6 Å². The molecule has 0 aliphatic carbocycles. The molecule has 0 unspecified atom stereocenters. The Morgan fingerprint density at radius 1 is 1.55 bits per heavy atom. The third-order valence-electron chi connectivity index (χ3n) is 3.74. The summed E-state index contributed by atoms with van der Waals surface area (Å²) in [6.07, 6.45) is 2.03. The second-order valence-electron chi connectivity index (χ2n) is 5.17. The van der Waals surface area contributed by atoms with Gasteiger partial charge in [-0.05, 0) is 31.0 Å². The average Bonchev–Trinajstić information content (AvgIpc) is 3.02. The van der Waals surface area contributed by atoms with E-state index in [1.807, 2.05) is 17.0 Å². The first-order valence-electron chi connectivity index (χ1n) is 6.86. The van der Waals surface area contributed by atoms with Gasteiger partial charge < -0.3 is 14.1 Å². The van der Waals surface area contributed by atoms with E-state index in [-0.39, 0.29) is 11.9 Å². The fraction of sp³-hybridized carbons (Fsp3) is 0.467. The number of fused-ring (bicyclic) bond motifs is 1. The van der Waals surface area contributed by atoms with Gasteiger partial charge in [-0.3, -0.25) is 4.79 Å². The summed E-state index contributed by atoms with van der Waals surface area (Å²) >= 11 is 0. The van der Waals surface area contributed by atoms with E-state index < -0.39 is 0 Å². The molecule has 0 N–H and O–H groups in total. The van der Waals surface area contributed by atoms with Gasteiger partial charge in [-0.25, -0.2) is 4.98 Å². The molecule has 5 nitrogen and oxygen atoms in total. The molecule has 1 aliphatic rings. The van der Waals surface area contributed by atoms with Gasteiger partial charge in [0.2, 0.25) is 0 Å². The van der Waals surface area contributed by atoms with Crippen LogP contribution in [0.25, 0.3) is 11.1 Å². The SMILES string of the molecule is COC[C@H]1CCCN1C(=O)c1ccc2nc(C)oc2c1. The lowest BCUT2D eigenvalue weighted by atomic mass is 10.1. The van der Waals surface area contributed by atoms with E-state index in [4.69, 9.17) is 9.15 Å². The molecule has 0 spiro atoms. The first kappa shape index (κ1) is 13.1. The predicted molar refractivity (Wildman–Crippen MR) is 74.7 cm³/mol. The van der Waals surface area contributed by atoms with Crippen LogP contribution in [0.1, 0.15) is 29.1 Å². The first-order chi connectivity index (χ1) is 9.69. The van der Waals surface area contributed by atoms with Crippen LogP contribution in [-0.4, -0.2) is 42.1 Å².